The van der Waals surface area contributed by atoms with E-state index in [0.29, 0.717) is 18.7 Å². The third-order valence-electron chi connectivity index (χ3n) is 3.04. The molecule has 2 aromatic carbocycles. The Morgan fingerprint density at radius 1 is 1.00 bits per heavy atom. The van der Waals surface area contributed by atoms with E-state index >= 15 is 0 Å². The minimum atomic E-state index is -0.440. The van der Waals surface area contributed by atoms with Crippen LogP contribution in [0.3, 0.4) is 0 Å². The highest BCUT2D eigenvalue weighted by Crippen LogP contribution is 2.32. The number of rotatable bonds is 4. The van der Waals surface area contributed by atoms with Crippen LogP contribution in [0.5, 0.6) is 17.2 Å². The van der Waals surface area contributed by atoms with Gasteiger partial charge in [0, 0.05) is 19.2 Å². The van der Waals surface area contributed by atoms with Gasteiger partial charge in [-0.1, -0.05) is 6.07 Å². The van der Waals surface area contributed by atoms with Crippen LogP contribution < -0.4 is 14.8 Å². The normalized spacial score (nSPS) is 12.7. The zero-order chi connectivity index (χ0) is 13.9. The van der Waals surface area contributed by atoms with Gasteiger partial charge in [0.2, 0.25) is 6.79 Å². The molecule has 0 unspecified atom stereocenters. The van der Waals surface area contributed by atoms with E-state index in [0.717, 1.165) is 23.1 Å². The molecule has 2 N–H and O–H groups in total. The molecule has 4 nitrogen and oxygen atoms in total. The molecule has 5 heteroatoms. The Hall–Kier alpha value is -2.27. The number of phenolic OH excluding ortho intramolecular Hbond substituents is 1. The maximum absolute atomic E-state index is 13.1. The van der Waals surface area contributed by atoms with E-state index < -0.39 is 5.82 Å². The number of ether oxygens (including phenoxy) is 2. The highest BCUT2D eigenvalue weighted by Gasteiger charge is 2.12. The van der Waals surface area contributed by atoms with Crippen LogP contribution >= 0.6 is 0 Å². The molecule has 0 spiro atoms. The molecule has 0 aliphatic carbocycles. The zero-order valence-corrected chi connectivity index (χ0v) is 10.7. The van der Waals surface area contributed by atoms with Crippen LogP contribution in [0, 0.1) is 5.82 Å². The largest absolute Gasteiger partial charge is 0.508 e. The molecular formula is C15H14FNO3. The summed E-state index contributed by atoms with van der Waals surface area (Å²) in [5.74, 6) is 0.992. The van der Waals surface area contributed by atoms with Gasteiger partial charge in [-0.2, -0.15) is 0 Å². The third-order valence-corrected chi connectivity index (χ3v) is 3.04. The number of hydrogen-bond donors (Lipinski definition) is 2. The van der Waals surface area contributed by atoms with Crippen molar-refractivity contribution >= 4 is 0 Å². The molecule has 2 aromatic rings. The highest BCUT2D eigenvalue weighted by atomic mass is 19.1. The van der Waals surface area contributed by atoms with E-state index in [1.165, 1.54) is 12.1 Å². The molecule has 0 fully saturated rings. The lowest BCUT2D eigenvalue weighted by atomic mass is 10.1. The smallest absolute Gasteiger partial charge is 0.231 e. The Morgan fingerprint density at radius 2 is 1.80 bits per heavy atom. The van der Waals surface area contributed by atoms with Crippen molar-refractivity contribution in [2.24, 2.45) is 0 Å². The molecule has 0 bridgehead atoms. The van der Waals surface area contributed by atoms with Gasteiger partial charge < -0.3 is 19.9 Å². The van der Waals surface area contributed by atoms with Gasteiger partial charge in [-0.25, -0.2) is 4.39 Å². The van der Waals surface area contributed by atoms with Crippen molar-refractivity contribution in [1.82, 2.24) is 5.32 Å². The number of phenols is 1. The standard InChI is InChI=1S/C15H14FNO3/c16-12-3-11(4-13(18)6-12)8-17-7-10-1-2-14-15(5-10)20-9-19-14/h1-6,17-18H,7-9H2. The second-order valence-corrected chi connectivity index (χ2v) is 4.61. The summed E-state index contributed by atoms with van der Waals surface area (Å²) in [5, 5.41) is 12.5. The van der Waals surface area contributed by atoms with Gasteiger partial charge in [0.15, 0.2) is 11.5 Å². The minimum Gasteiger partial charge on any atom is -0.508 e. The van der Waals surface area contributed by atoms with E-state index in [-0.39, 0.29) is 12.5 Å². The third kappa shape index (κ3) is 2.83. The summed E-state index contributed by atoms with van der Waals surface area (Å²) in [7, 11) is 0. The first-order valence-electron chi connectivity index (χ1n) is 6.28. The minimum absolute atomic E-state index is 0.0649. The summed E-state index contributed by atoms with van der Waals surface area (Å²) in [5.41, 5.74) is 1.75. The topological polar surface area (TPSA) is 50.7 Å². The van der Waals surface area contributed by atoms with E-state index in [2.05, 4.69) is 5.32 Å². The molecule has 0 saturated carbocycles. The Balaban J connectivity index is 1.59. The molecule has 0 aromatic heterocycles. The van der Waals surface area contributed by atoms with Crippen molar-refractivity contribution in [2.75, 3.05) is 6.79 Å². The molecule has 0 saturated heterocycles. The molecule has 1 aliphatic heterocycles. The summed E-state index contributed by atoms with van der Waals surface area (Å²) in [6.45, 7) is 1.35. The first-order chi connectivity index (χ1) is 9.70. The maximum Gasteiger partial charge on any atom is 0.231 e. The fourth-order valence-corrected chi connectivity index (χ4v) is 2.14. The summed E-state index contributed by atoms with van der Waals surface area (Å²) in [6.07, 6.45) is 0. The average Bonchev–Trinajstić information content (AvgIpc) is 2.85. The number of nitrogens with one attached hydrogen (secondary N) is 1. The molecular weight excluding hydrogens is 261 g/mol. The number of fused-ring (bicyclic) bond motifs is 1. The Bertz CT molecular complexity index is 610. The van der Waals surface area contributed by atoms with Crippen LogP contribution in [-0.4, -0.2) is 11.9 Å². The molecule has 1 aliphatic rings. The van der Waals surface area contributed by atoms with Gasteiger partial charge in [-0.15, -0.1) is 0 Å². The summed E-state index contributed by atoms with van der Waals surface area (Å²) in [6, 6.07) is 9.75. The Labute approximate surface area is 115 Å². The average molecular weight is 275 g/mol. The number of hydrogen-bond acceptors (Lipinski definition) is 4. The molecule has 0 amide bonds. The van der Waals surface area contributed by atoms with E-state index in [4.69, 9.17) is 9.47 Å². The first kappa shape index (κ1) is 12.7. The van der Waals surface area contributed by atoms with Crippen LogP contribution in [0.1, 0.15) is 11.1 Å². The number of benzene rings is 2. The van der Waals surface area contributed by atoms with Crippen molar-refractivity contribution in [1.29, 1.82) is 0 Å². The quantitative estimate of drug-likeness (QED) is 0.900. The van der Waals surface area contributed by atoms with Crippen LogP contribution in [0.25, 0.3) is 0 Å². The van der Waals surface area contributed by atoms with Gasteiger partial charge in [-0.3, -0.25) is 0 Å². The van der Waals surface area contributed by atoms with Crippen molar-refractivity contribution in [3.63, 3.8) is 0 Å². The number of halogens is 1. The predicted octanol–water partition coefficient (Wildman–Crippen LogP) is 2.55. The predicted molar refractivity (Wildman–Crippen MR) is 71.2 cm³/mol. The second-order valence-electron chi connectivity index (χ2n) is 4.61. The van der Waals surface area contributed by atoms with Gasteiger partial charge in [-0.05, 0) is 35.4 Å². The SMILES string of the molecule is Oc1cc(F)cc(CNCc2ccc3c(c2)OCO3)c1. The van der Waals surface area contributed by atoms with Crippen molar-refractivity contribution in [3.8, 4) is 17.2 Å². The molecule has 1 heterocycles. The lowest BCUT2D eigenvalue weighted by Gasteiger charge is -2.07. The van der Waals surface area contributed by atoms with Gasteiger partial charge in [0.05, 0.1) is 0 Å². The maximum atomic E-state index is 13.1. The van der Waals surface area contributed by atoms with Crippen LogP contribution in [-0.2, 0) is 13.1 Å². The number of aromatic hydroxyl groups is 1. The lowest BCUT2D eigenvalue weighted by Crippen LogP contribution is -2.12. The lowest BCUT2D eigenvalue weighted by molar-refractivity contribution is 0.174. The molecule has 104 valence electrons. The van der Waals surface area contributed by atoms with E-state index in [1.807, 2.05) is 18.2 Å². The van der Waals surface area contributed by atoms with Crippen molar-refractivity contribution < 1.29 is 19.0 Å². The van der Waals surface area contributed by atoms with Gasteiger partial charge in [0.25, 0.3) is 0 Å². The summed E-state index contributed by atoms with van der Waals surface area (Å²) >= 11 is 0. The zero-order valence-electron chi connectivity index (χ0n) is 10.7. The highest BCUT2D eigenvalue weighted by molar-refractivity contribution is 5.44. The molecule has 0 atom stereocenters. The van der Waals surface area contributed by atoms with Crippen LogP contribution in [0.2, 0.25) is 0 Å². The van der Waals surface area contributed by atoms with Crippen LogP contribution in [0.15, 0.2) is 36.4 Å². The van der Waals surface area contributed by atoms with Gasteiger partial charge in [0.1, 0.15) is 11.6 Å². The molecule has 20 heavy (non-hydrogen) atoms. The van der Waals surface area contributed by atoms with E-state index in [9.17, 15) is 9.50 Å². The van der Waals surface area contributed by atoms with Crippen LogP contribution in [0.4, 0.5) is 4.39 Å². The van der Waals surface area contributed by atoms with Crippen molar-refractivity contribution in [3.05, 3.63) is 53.3 Å². The van der Waals surface area contributed by atoms with Crippen molar-refractivity contribution in [2.45, 2.75) is 13.1 Å². The van der Waals surface area contributed by atoms with Gasteiger partial charge >= 0.3 is 0 Å². The Morgan fingerprint density at radius 3 is 2.65 bits per heavy atom. The monoisotopic (exact) mass is 275 g/mol. The Kier molecular flexibility index (Phi) is 3.43. The fraction of sp³-hybridized carbons (Fsp3) is 0.200. The molecule has 3 rings (SSSR count). The first-order valence-corrected chi connectivity index (χ1v) is 6.28. The van der Waals surface area contributed by atoms with E-state index in [1.54, 1.807) is 0 Å². The second kappa shape index (κ2) is 5.38. The summed E-state index contributed by atoms with van der Waals surface area (Å²) in [4.78, 5) is 0. The molecule has 0 radical (unpaired) electrons. The fourth-order valence-electron chi connectivity index (χ4n) is 2.14. The summed E-state index contributed by atoms with van der Waals surface area (Å²) < 4.78 is 23.7.